The molecule has 0 aliphatic carbocycles. The first-order valence-corrected chi connectivity index (χ1v) is 20.9. The number of anilines is 2. The maximum atomic E-state index is 15.2. The highest BCUT2D eigenvalue weighted by Crippen LogP contribution is 2.53. The third kappa shape index (κ3) is 7.33. The molecule has 17 heteroatoms. The van der Waals surface area contributed by atoms with Crippen LogP contribution < -0.4 is 19.3 Å². The van der Waals surface area contributed by atoms with Crippen LogP contribution in [0.4, 0.5) is 16.2 Å². The number of nitrogens with zero attached hydrogens (tertiary/aromatic N) is 2. The third-order valence-corrected chi connectivity index (χ3v) is 12.6. The number of phenolic OH excluding ortho intramolecular Hbond substituents is 2. The fourth-order valence-corrected chi connectivity index (χ4v) is 9.55. The fraction of sp³-hybridized carbons (Fsp3) is 0.400. The van der Waals surface area contributed by atoms with Gasteiger partial charge in [0.1, 0.15) is 13.6 Å². The number of likely N-dealkylation sites (N-methyl/N-ethyl adjacent to an activating group) is 2. The molecule has 0 aromatic heterocycles. The van der Waals surface area contributed by atoms with Gasteiger partial charge in [0.2, 0.25) is 11.2 Å². The Morgan fingerprint density at radius 1 is 0.694 bits per heavy atom. The number of hydrogen-bond donors (Lipinski definition) is 2. The molecule has 4 aromatic rings. The van der Waals surface area contributed by atoms with Crippen molar-refractivity contribution in [3.05, 3.63) is 104 Å². The van der Waals surface area contributed by atoms with E-state index in [9.17, 15) is 10.2 Å². The van der Waals surface area contributed by atoms with Crippen LogP contribution in [0.25, 0.3) is 0 Å². The van der Waals surface area contributed by atoms with E-state index in [-0.39, 0.29) is 108 Å². The summed E-state index contributed by atoms with van der Waals surface area (Å²) in [4.78, 5) is 48.6. The van der Waals surface area contributed by atoms with Crippen LogP contribution in [0, 0.1) is 0 Å². The van der Waals surface area contributed by atoms with E-state index in [0.29, 0.717) is 22.5 Å². The number of fused-ring (bicyclic) bond motifs is 2. The number of amides is 2. The van der Waals surface area contributed by atoms with Crippen LogP contribution in [-0.2, 0) is 74.9 Å². The summed E-state index contributed by atoms with van der Waals surface area (Å²) in [5.74, 6) is -1.65. The zero-order valence-corrected chi connectivity index (χ0v) is 36.0. The van der Waals surface area contributed by atoms with Crippen LogP contribution in [0.2, 0.25) is 10.0 Å². The number of ether oxygens (including phenoxy) is 8. The summed E-state index contributed by atoms with van der Waals surface area (Å²) in [7, 11) is 2.78. The third-order valence-electron chi connectivity index (χ3n) is 11.9. The molecule has 0 spiro atoms. The van der Waals surface area contributed by atoms with Crippen molar-refractivity contribution in [2.45, 2.75) is 62.9 Å². The normalized spacial score (nSPS) is 22.9. The molecule has 4 heterocycles. The van der Waals surface area contributed by atoms with Crippen LogP contribution >= 0.6 is 23.2 Å². The van der Waals surface area contributed by atoms with Gasteiger partial charge < -0.3 is 57.9 Å². The molecule has 0 saturated carbocycles. The van der Waals surface area contributed by atoms with Crippen molar-refractivity contribution in [3.63, 3.8) is 0 Å². The highest BCUT2D eigenvalue weighted by atomic mass is 35.5. The Hall–Kier alpha value is -5.29. The van der Waals surface area contributed by atoms with Gasteiger partial charge in [-0.3, -0.25) is 9.59 Å². The van der Waals surface area contributed by atoms with Crippen LogP contribution in [0.1, 0.15) is 47.2 Å². The first-order valence-electron chi connectivity index (χ1n) is 20.2. The van der Waals surface area contributed by atoms with Gasteiger partial charge in [0.25, 0.3) is 11.8 Å². The SMILES string of the molecule is CCN1C(=O)C(Cc2cccc(OC)c2O)(OC(=O)OC2(Cc3cccc(OC)c3O)C(=O)N(CC)c3ccc(Cl)c(CC4COCO4)c32)c2c1ccc(Cl)c2CC1COCO1. The molecule has 4 aliphatic heterocycles. The minimum atomic E-state index is -2.24. The van der Waals surface area contributed by atoms with Gasteiger partial charge in [-0.25, -0.2) is 4.79 Å². The van der Waals surface area contributed by atoms with E-state index in [0.717, 1.165) is 0 Å². The first-order chi connectivity index (χ1) is 29.9. The summed E-state index contributed by atoms with van der Waals surface area (Å²) in [5, 5.41) is 23.5. The average Bonchev–Trinajstić information content (AvgIpc) is 4.06. The molecule has 2 fully saturated rings. The molecule has 2 N–H and O–H groups in total. The molecule has 328 valence electrons. The van der Waals surface area contributed by atoms with Crippen molar-refractivity contribution in [3.8, 4) is 23.0 Å². The van der Waals surface area contributed by atoms with E-state index in [2.05, 4.69) is 0 Å². The molecule has 4 atom stereocenters. The summed E-state index contributed by atoms with van der Waals surface area (Å²) >= 11 is 14.0. The lowest BCUT2D eigenvalue weighted by Gasteiger charge is -2.34. The van der Waals surface area contributed by atoms with Gasteiger partial charge >= 0.3 is 6.16 Å². The Bertz CT molecular complexity index is 2240. The lowest BCUT2D eigenvalue weighted by Crippen LogP contribution is -2.49. The zero-order valence-electron chi connectivity index (χ0n) is 34.5. The Labute approximate surface area is 367 Å². The number of aromatic hydroxyl groups is 2. The molecular weight excluding hydrogens is 847 g/mol. The number of halogens is 2. The lowest BCUT2D eigenvalue weighted by atomic mass is 9.83. The molecule has 8 rings (SSSR count). The van der Waals surface area contributed by atoms with E-state index < -0.39 is 54.2 Å². The predicted molar refractivity (Wildman–Crippen MR) is 225 cm³/mol. The maximum absolute atomic E-state index is 15.2. The predicted octanol–water partition coefficient (Wildman–Crippen LogP) is 6.72. The molecule has 4 unspecified atom stereocenters. The smallest absolute Gasteiger partial charge is 0.504 e. The van der Waals surface area contributed by atoms with Gasteiger partial charge in [0.15, 0.2) is 23.0 Å². The number of rotatable bonds is 14. The number of hydrogen-bond acceptors (Lipinski definition) is 13. The fourth-order valence-electron chi connectivity index (χ4n) is 9.08. The van der Waals surface area contributed by atoms with Crippen molar-refractivity contribution in [2.75, 3.05) is 63.9 Å². The van der Waals surface area contributed by atoms with Crippen LogP contribution in [0.5, 0.6) is 23.0 Å². The van der Waals surface area contributed by atoms with Gasteiger partial charge in [0, 0.05) is 71.1 Å². The van der Waals surface area contributed by atoms with Gasteiger partial charge in [-0.05, 0) is 61.4 Å². The second-order valence-electron chi connectivity index (χ2n) is 15.3. The van der Waals surface area contributed by atoms with Crippen LogP contribution in [0.15, 0.2) is 60.7 Å². The van der Waals surface area contributed by atoms with E-state index in [1.165, 1.54) is 24.0 Å². The summed E-state index contributed by atoms with van der Waals surface area (Å²) in [6, 6.07) is 16.2. The van der Waals surface area contributed by atoms with Crippen molar-refractivity contribution in [2.24, 2.45) is 0 Å². The number of para-hydroxylation sites is 2. The summed E-state index contributed by atoms with van der Waals surface area (Å²) in [6.07, 6.45) is -2.80. The van der Waals surface area contributed by atoms with Gasteiger partial charge in [-0.2, -0.15) is 0 Å². The maximum Gasteiger partial charge on any atom is 0.511 e. The minimum Gasteiger partial charge on any atom is -0.504 e. The highest BCUT2D eigenvalue weighted by molar-refractivity contribution is 6.32. The molecular formula is C45H46Cl2N2O13. The molecule has 4 aromatic carbocycles. The minimum absolute atomic E-state index is 0.0596. The monoisotopic (exact) mass is 892 g/mol. The van der Waals surface area contributed by atoms with Crippen molar-refractivity contribution in [1.29, 1.82) is 0 Å². The van der Waals surface area contributed by atoms with Gasteiger partial charge in [-0.15, -0.1) is 0 Å². The molecule has 0 bridgehead atoms. The van der Waals surface area contributed by atoms with Gasteiger partial charge in [0.05, 0.1) is 51.0 Å². The van der Waals surface area contributed by atoms with E-state index in [4.69, 9.17) is 61.1 Å². The van der Waals surface area contributed by atoms with Crippen molar-refractivity contribution in [1.82, 2.24) is 0 Å². The highest BCUT2D eigenvalue weighted by Gasteiger charge is 2.60. The molecule has 15 nitrogen and oxygen atoms in total. The molecule has 0 radical (unpaired) electrons. The Morgan fingerprint density at radius 2 is 1.11 bits per heavy atom. The molecule has 62 heavy (non-hydrogen) atoms. The summed E-state index contributed by atoms with van der Waals surface area (Å²) in [6.45, 7) is 4.47. The number of phenols is 2. The number of methoxy groups -OCH3 is 2. The zero-order chi connectivity index (χ0) is 43.9. The van der Waals surface area contributed by atoms with Crippen LogP contribution in [-0.4, -0.2) is 94.5 Å². The van der Waals surface area contributed by atoms with Crippen molar-refractivity contribution < 1.29 is 62.5 Å². The van der Waals surface area contributed by atoms with Crippen LogP contribution in [0.3, 0.4) is 0 Å². The molecule has 2 saturated heterocycles. The first kappa shape index (κ1) is 43.4. The van der Waals surface area contributed by atoms with E-state index in [1.54, 1.807) is 74.5 Å². The quantitative estimate of drug-likeness (QED) is 0.128. The number of carbonyl (C=O) groups excluding carboxylic acids is 3. The molecule has 4 aliphatic rings. The summed E-state index contributed by atoms with van der Waals surface area (Å²) < 4.78 is 46.5. The Balaban J connectivity index is 1.32. The standard InChI is InChI=1S/C45H46Cl2N2O13/c1-5-48-33-15-13-31(46)29(17-27-21-57-23-59-27)37(33)44(41(48)52,19-25-9-7-11-35(55-3)39(25)50)61-43(54)62-45(20-26-10-8-12-36(56-4)40(26)51)38-30(18-28-22-58-24-60-28)32(47)14-16-34(38)49(6-2)42(45)53/h7-16,27-28,50-51H,5-6,17-24H2,1-4H3. The average molecular weight is 894 g/mol. The topological polar surface area (TPSA) is 172 Å². The lowest BCUT2D eigenvalue weighted by molar-refractivity contribution is -0.150. The molecule has 2 amide bonds. The number of carbonyl (C=O) groups is 3. The second-order valence-corrected chi connectivity index (χ2v) is 16.1. The van der Waals surface area contributed by atoms with Crippen molar-refractivity contribution >= 4 is 52.5 Å². The largest absolute Gasteiger partial charge is 0.511 e. The second kappa shape index (κ2) is 17.5. The van der Waals surface area contributed by atoms with Gasteiger partial charge in [-0.1, -0.05) is 47.5 Å². The van der Waals surface area contributed by atoms with E-state index >= 15 is 14.4 Å². The summed E-state index contributed by atoms with van der Waals surface area (Å²) in [5.41, 5.74) is -1.87. The Morgan fingerprint density at radius 3 is 1.47 bits per heavy atom. The van der Waals surface area contributed by atoms with E-state index in [1.807, 2.05) is 0 Å². The Kier molecular flexibility index (Phi) is 12.2. The number of benzene rings is 4.